The quantitative estimate of drug-likeness (QED) is 0.763. The van der Waals surface area contributed by atoms with Gasteiger partial charge in [0.2, 0.25) is 0 Å². The molecule has 19 heavy (non-hydrogen) atoms. The lowest BCUT2D eigenvalue weighted by Crippen LogP contribution is -2.57. The normalized spacial score (nSPS) is 21.5. The molecule has 0 atom stereocenters. The number of halogens is 2. The maximum Gasteiger partial charge on any atom is 0.123 e. The van der Waals surface area contributed by atoms with Crippen molar-refractivity contribution < 1.29 is 9.13 Å². The second-order valence-corrected chi connectivity index (χ2v) is 6.65. The summed E-state index contributed by atoms with van der Waals surface area (Å²) in [6.07, 6.45) is 0. The number of ether oxygens (including phenoxy) is 1. The Kier molecular flexibility index (Phi) is 3.80. The van der Waals surface area contributed by atoms with Crippen molar-refractivity contribution in [2.75, 3.05) is 18.0 Å². The molecule has 0 aliphatic carbocycles. The van der Waals surface area contributed by atoms with Crippen molar-refractivity contribution in [2.45, 2.75) is 44.8 Å². The van der Waals surface area contributed by atoms with Crippen LogP contribution in [0.5, 0.6) is 0 Å². The van der Waals surface area contributed by atoms with Gasteiger partial charge in [0.05, 0.1) is 11.2 Å². The first-order valence-electron chi connectivity index (χ1n) is 6.52. The van der Waals surface area contributed by atoms with Gasteiger partial charge in [0.25, 0.3) is 0 Å². The van der Waals surface area contributed by atoms with E-state index < -0.39 is 0 Å². The predicted octanol–water partition coefficient (Wildman–Crippen LogP) is 3.96. The maximum atomic E-state index is 13.3. The van der Waals surface area contributed by atoms with Crippen molar-refractivity contribution in [3.63, 3.8) is 0 Å². The molecule has 1 aliphatic rings. The summed E-state index contributed by atoms with van der Waals surface area (Å²) in [5.74, 6) is 0.0665. The minimum absolute atomic E-state index is 0.236. The zero-order chi connectivity index (χ0) is 14.3. The van der Waals surface area contributed by atoms with Gasteiger partial charge in [-0.1, -0.05) is 0 Å². The minimum Gasteiger partial charge on any atom is -0.366 e. The smallest absolute Gasteiger partial charge is 0.123 e. The zero-order valence-electron chi connectivity index (χ0n) is 12.0. The van der Waals surface area contributed by atoms with Crippen LogP contribution in [0.3, 0.4) is 0 Å². The number of nitrogens with zero attached hydrogens (tertiary/aromatic N) is 1. The SMILES string of the molecule is CC1(C)CN(c2ccc(F)cc2CCl)CC(C)(C)O1. The minimum atomic E-state index is -0.244. The second-order valence-electron chi connectivity index (χ2n) is 6.38. The molecule has 0 saturated carbocycles. The fourth-order valence-electron chi connectivity index (χ4n) is 2.93. The average Bonchev–Trinajstić information content (AvgIpc) is 2.24. The topological polar surface area (TPSA) is 12.5 Å². The van der Waals surface area contributed by atoms with Crippen LogP contribution in [0.15, 0.2) is 18.2 Å². The third-order valence-corrected chi connectivity index (χ3v) is 3.51. The van der Waals surface area contributed by atoms with Gasteiger partial charge in [-0.15, -0.1) is 11.6 Å². The van der Waals surface area contributed by atoms with Gasteiger partial charge in [-0.2, -0.15) is 0 Å². The van der Waals surface area contributed by atoms with Crippen LogP contribution < -0.4 is 4.90 Å². The van der Waals surface area contributed by atoms with E-state index in [1.165, 1.54) is 12.1 Å². The van der Waals surface area contributed by atoms with Crippen molar-refractivity contribution in [3.8, 4) is 0 Å². The molecule has 1 fully saturated rings. The fourth-order valence-corrected chi connectivity index (χ4v) is 3.14. The molecule has 106 valence electrons. The van der Waals surface area contributed by atoms with E-state index in [4.69, 9.17) is 16.3 Å². The van der Waals surface area contributed by atoms with Gasteiger partial charge in [-0.05, 0) is 51.5 Å². The summed E-state index contributed by atoms with van der Waals surface area (Å²) >= 11 is 5.94. The summed E-state index contributed by atoms with van der Waals surface area (Å²) in [5, 5.41) is 0. The van der Waals surface area contributed by atoms with Gasteiger partial charge in [0.15, 0.2) is 0 Å². The fraction of sp³-hybridized carbons (Fsp3) is 0.600. The molecule has 0 aromatic heterocycles. The van der Waals surface area contributed by atoms with Gasteiger partial charge in [-0.25, -0.2) is 4.39 Å². The number of morpholine rings is 1. The molecule has 0 unspecified atom stereocenters. The number of anilines is 1. The highest BCUT2D eigenvalue weighted by atomic mass is 35.5. The molecule has 0 bridgehead atoms. The molecule has 2 rings (SSSR count). The molecule has 1 aliphatic heterocycles. The summed E-state index contributed by atoms with van der Waals surface area (Å²) in [7, 11) is 0. The van der Waals surface area contributed by atoms with E-state index >= 15 is 0 Å². The molecule has 0 spiro atoms. The highest BCUT2D eigenvalue weighted by Gasteiger charge is 2.38. The molecule has 1 aromatic rings. The van der Waals surface area contributed by atoms with Crippen LogP contribution in [0.1, 0.15) is 33.3 Å². The predicted molar refractivity (Wildman–Crippen MR) is 77.4 cm³/mol. The number of alkyl halides is 1. The summed E-state index contributed by atoms with van der Waals surface area (Å²) in [5.41, 5.74) is 1.36. The lowest BCUT2D eigenvalue weighted by Gasteiger charge is -2.48. The largest absolute Gasteiger partial charge is 0.366 e. The number of benzene rings is 1. The van der Waals surface area contributed by atoms with Crippen LogP contribution in [0.4, 0.5) is 10.1 Å². The first kappa shape index (κ1) is 14.6. The summed E-state index contributed by atoms with van der Waals surface area (Å²) in [6.45, 7) is 9.84. The Morgan fingerprint density at radius 3 is 2.32 bits per heavy atom. The monoisotopic (exact) mass is 285 g/mol. The van der Waals surface area contributed by atoms with Gasteiger partial charge in [-0.3, -0.25) is 0 Å². The van der Waals surface area contributed by atoms with Crippen LogP contribution in [-0.4, -0.2) is 24.3 Å². The van der Waals surface area contributed by atoms with Crippen molar-refractivity contribution in [1.29, 1.82) is 0 Å². The van der Waals surface area contributed by atoms with Crippen molar-refractivity contribution >= 4 is 17.3 Å². The standard InChI is InChI=1S/C15H21ClFNO/c1-14(2)9-18(10-15(3,4)19-14)13-6-5-12(17)7-11(13)8-16/h5-7H,8-10H2,1-4H3. The summed E-state index contributed by atoms with van der Waals surface area (Å²) < 4.78 is 19.4. The Morgan fingerprint density at radius 2 is 1.79 bits per heavy atom. The van der Waals surface area contributed by atoms with Crippen molar-refractivity contribution in [3.05, 3.63) is 29.6 Å². The van der Waals surface area contributed by atoms with Gasteiger partial charge < -0.3 is 9.64 Å². The number of hydrogen-bond acceptors (Lipinski definition) is 2. The van der Waals surface area contributed by atoms with E-state index in [9.17, 15) is 4.39 Å². The van der Waals surface area contributed by atoms with E-state index in [0.717, 1.165) is 24.3 Å². The first-order chi connectivity index (χ1) is 8.72. The highest BCUT2D eigenvalue weighted by molar-refractivity contribution is 6.17. The molecular weight excluding hydrogens is 265 g/mol. The van der Waals surface area contributed by atoms with E-state index in [1.807, 2.05) is 6.07 Å². The Bertz CT molecular complexity index is 457. The van der Waals surface area contributed by atoms with Gasteiger partial charge >= 0.3 is 0 Å². The third-order valence-electron chi connectivity index (χ3n) is 3.22. The van der Waals surface area contributed by atoms with E-state index in [2.05, 4.69) is 32.6 Å². The van der Waals surface area contributed by atoms with Crippen LogP contribution >= 0.6 is 11.6 Å². The maximum absolute atomic E-state index is 13.3. The molecular formula is C15H21ClFNO. The molecule has 0 radical (unpaired) electrons. The lowest BCUT2D eigenvalue weighted by molar-refractivity contribution is -0.133. The van der Waals surface area contributed by atoms with E-state index in [0.29, 0.717) is 5.88 Å². The Hall–Kier alpha value is -0.800. The number of rotatable bonds is 2. The molecule has 0 amide bonds. The molecule has 0 N–H and O–H groups in total. The van der Waals surface area contributed by atoms with Gasteiger partial charge in [0.1, 0.15) is 5.82 Å². The molecule has 1 saturated heterocycles. The Morgan fingerprint density at radius 1 is 1.21 bits per heavy atom. The van der Waals surface area contributed by atoms with Crippen molar-refractivity contribution in [1.82, 2.24) is 0 Å². The summed E-state index contributed by atoms with van der Waals surface area (Å²) in [6, 6.07) is 4.81. The number of hydrogen-bond donors (Lipinski definition) is 0. The van der Waals surface area contributed by atoms with E-state index in [-0.39, 0.29) is 17.0 Å². The van der Waals surface area contributed by atoms with Crippen LogP contribution in [-0.2, 0) is 10.6 Å². The van der Waals surface area contributed by atoms with Gasteiger partial charge in [0, 0.05) is 24.7 Å². The lowest BCUT2D eigenvalue weighted by atomic mass is 9.97. The average molecular weight is 286 g/mol. The van der Waals surface area contributed by atoms with Crippen molar-refractivity contribution in [2.24, 2.45) is 0 Å². The Labute approximate surface area is 119 Å². The molecule has 2 nitrogen and oxygen atoms in total. The molecule has 1 aromatic carbocycles. The second kappa shape index (κ2) is 4.95. The zero-order valence-corrected chi connectivity index (χ0v) is 12.7. The first-order valence-corrected chi connectivity index (χ1v) is 7.05. The van der Waals surface area contributed by atoms with Crippen LogP contribution in [0.25, 0.3) is 0 Å². The van der Waals surface area contributed by atoms with Crippen LogP contribution in [0, 0.1) is 5.82 Å². The Balaban J connectivity index is 2.35. The highest BCUT2D eigenvalue weighted by Crippen LogP contribution is 2.33. The molecule has 4 heteroatoms. The van der Waals surface area contributed by atoms with E-state index in [1.54, 1.807) is 0 Å². The van der Waals surface area contributed by atoms with Crippen LogP contribution in [0.2, 0.25) is 0 Å². The summed E-state index contributed by atoms with van der Waals surface area (Å²) in [4.78, 5) is 2.24. The third kappa shape index (κ3) is 3.40. The molecule has 1 heterocycles.